The molecule has 0 aliphatic carbocycles. The molecule has 2 N–H and O–H groups in total. The number of rotatable bonds is 5. The highest BCUT2D eigenvalue weighted by Gasteiger charge is 2.18. The third-order valence-electron chi connectivity index (χ3n) is 4.44. The first kappa shape index (κ1) is 21.0. The highest BCUT2D eigenvalue weighted by atomic mass is 35.5. The van der Waals surface area contributed by atoms with Crippen LogP contribution in [0.1, 0.15) is 37.6 Å². The monoisotopic (exact) mass is 427 g/mol. The molecule has 3 aromatic rings. The molecule has 0 atom stereocenters. The van der Waals surface area contributed by atoms with Gasteiger partial charge in [-0.05, 0) is 56.5 Å². The number of benzene rings is 2. The molecule has 29 heavy (non-hydrogen) atoms. The number of nitrogens with one attached hydrogen (secondary N) is 2. The first-order valence-electron chi connectivity index (χ1n) is 9.14. The summed E-state index contributed by atoms with van der Waals surface area (Å²) in [5, 5.41) is 6.78. The molecule has 3 rings (SSSR count). The van der Waals surface area contributed by atoms with Crippen molar-refractivity contribution >= 4 is 45.6 Å². The number of aromatic nitrogens is 1. The average molecular weight is 428 g/mol. The molecule has 0 saturated heterocycles. The van der Waals surface area contributed by atoms with Gasteiger partial charge >= 0.3 is 0 Å². The molecule has 150 valence electrons. The van der Waals surface area contributed by atoms with Gasteiger partial charge < -0.3 is 10.6 Å². The fourth-order valence-electron chi connectivity index (χ4n) is 3.16. The highest BCUT2D eigenvalue weighted by Crippen LogP contribution is 2.27. The van der Waals surface area contributed by atoms with Crippen LogP contribution in [0.3, 0.4) is 0 Å². The van der Waals surface area contributed by atoms with Gasteiger partial charge in [-0.1, -0.05) is 52.8 Å². The number of halogens is 1. The second-order valence-corrected chi connectivity index (χ2v) is 8.45. The van der Waals surface area contributed by atoms with Crippen molar-refractivity contribution in [2.75, 3.05) is 10.6 Å². The van der Waals surface area contributed by atoms with Crippen molar-refractivity contribution in [3.8, 4) is 0 Å². The molecule has 7 heteroatoms. The van der Waals surface area contributed by atoms with Crippen LogP contribution in [0.5, 0.6) is 0 Å². The zero-order chi connectivity index (χ0) is 21.1. The summed E-state index contributed by atoms with van der Waals surface area (Å²) >= 11 is 7.03. The number of aryl methyl sites for hydroxylation is 4. The predicted octanol–water partition coefficient (Wildman–Crippen LogP) is 5.46. The molecular weight excluding hydrogens is 406 g/mol. The first-order valence-corrected chi connectivity index (χ1v) is 10.3. The Hall–Kier alpha value is -2.70. The highest BCUT2D eigenvalue weighted by molar-refractivity contribution is 7.17. The van der Waals surface area contributed by atoms with Crippen LogP contribution < -0.4 is 10.6 Å². The fourth-order valence-corrected chi connectivity index (χ4v) is 4.16. The fraction of sp³-hybridized carbons (Fsp3) is 0.227. The van der Waals surface area contributed by atoms with Gasteiger partial charge in [0.2, 0.25) is 5.91 Å². The van der Waals surface area contributed by atoms with E-state index >= 15 is 0 Å². The molecule has 0 spiro atoms. The molecule has 2 aromatic carbocycles. The Kier molecular flexibility index (Phi) is 6.35. The Balaban J connectivity index is 1.70. The van der Waals surface area contributed by atoms with Crippen molar-refractivity contribution in [2.24, 2.45) is 0 Å². The summed E-state index contributed by atoms with van der Waals surface area (Å²) in [7, 11) is 0. The van der Waals surface area contributed by atoms with Gasteiger partial charge in [0.1, 0.15) is 4.88 Å². The predicted molar refractivity (Wildman–Crippen MR) is 119 cm³/mol. The van der Waals surface area contributed by atoms with Crippen molar-refractivity contribution < 1.29 is 9.59 Å². The average Bonchev–Trinajstić information content (AvgIpc) is 3.00. The maximum absolute atomic E-state index is 12.8. The van der Waals surface area contributed by atoms with Gasteiger partial charge in [0, 0.05) is 10.7 Å². The van der Waals surface area contributed by atoms with Crippen molar-refractivity contribution in [3.63, 3.8) is 0 Å². The molecule has 0 saturated carbocycles. The van der Waals surface area contributed by atoms with E-state index in [9.17, 15) is 9.59 Å². The van der Waals surface area contributed by atoms with Gasteiger partial charge in [-0.15, -0.1) is 0 Å². The van der Waals surface area contributed by atoms with Crippen LogP contribution in [-0.2, 0) is 11.2 Å². The van der Waals surface area contributed by atoms with E-state index in [1.54, 1.807) is 31.2 Å². The van der Waals surface area contributed by atoms with Gasteiger partial charge in [0.25, 0.3) is 5.91 Å². The second kappa shape index (κ2) is 8.76. The molecular formula is C22H22ClN3O2S. The van der Waals surface area contributed by atoms with E-state index in [0.29, 0.717) is 20.7 Å². The SMILES string of the molecule is Cc1cc(C)c(NC(=O)c2sc(NC(=O)Cc3ccc(Cl)cc3)nc2C)c(C)c1. The molecule has 5 nitrogen and oxygen atoms in total. The molecule has 1 heterocycles. The van der Waals surface area contributed by atoms with E-state index in [0.717, 1.165) is 27.9 Å². The maximum Gasteiger partial charge on any atom is 0.267 e. The number of carbonyl (C=O) groups excluding carboxylic acids is 2. The molecule has 0 unspecified atom stereocenters. The quantitative estimate of drug-likeness (QED) is 0.567. The minimum absolute atomic E-state index is 0.196. The van der Waals surface area contributed by atoms with Gasteiger partial charge in [0.05, 0.1) is 12.1 Å². The summed E-state index contributed by atoms with van der Waals surface area (Å²) in [6.45, 7) is 7.72. The number of carbonyl (C=O) groups is 2. The first-order chi connectivity index (χ1) is 13.7. The van der Waals surface area contributed by atoms with Crippen molar-refractivity contribution in [1.29, 1.82) is 0 Å². The molecule has 2 amide bonds. The smallest absolute Gasteiger partial charge is 0.267 e. The summed E-state index contributed by atoms with van der Waals surface area (Å²) in [5.74, 6) is -0.425. The standard InChI is InChI=1S/C22H22ClN3O2S/c1-12-9-13(2)19(14(3)10-12)26-21(28)20-15(4)24-22(29-20)25-18(27)11-16-5-7-17(23)8-6-16/h5-10H,11H2,1-4H3,(H,26,28)(H,24,25,27). The minimum Gasteiger partial charge on any atom is -0.321 e. The van der Waals surface area contributed by atoms with Gasteiger partial charge in [0.15, 0.2) is 5.13 Å². The van der Waals surface area contributed by atoms with Crippen LogP contribution in [0.4, 0.5) is 10.8 Å². The Morgan fingerprint density at radius 1 is 1.00 bits per heavy atom. The summed E-state index contributed by atoms with van der Waals surface area (Å²) in [5.41, 5.74) is 5.41. The topological polar surface area (TPSA) is 71.1 Å². The minimum atomic E-state index is -0.228. The number of hydrogen-bond donors (Lipinski definition) is 2. The van der Waals surface area contributed by atoms with Crippen LogP contribution in [0.15, 0.2) is 36.4 Å². The van der Waals surface area contributed by atoms with E-state index in [1.807, 2.05) is 32.9 Å². The lowest BCUT2D eigenvalue weighted by Gasteiger charge is -2.12. The number of anilines is 2. The van der Waals surface area contributed by atoms with E-state index < -0.39 is 0 Å². The van der Waals surface area contributed by atoms with Gasteiger partial charge in [-0.25, -0.2) is 4.98 Å². The molecule has 0 aliphatic rings. The lowest BCUT2D eigenvalue weighted by molar-refractivity contribution is -0.115. The van der Waals surface area contributed by atoms with Crippen molar-refractivity contribution in [1.82, 2.24) is 4.98 Å². The van der Waals surface area contributed by atoms with Crippen LogP contribution in [-0.4, -0.2) is 16.8 Å². The lowest BCUT2D eigenvalue weighted by Crippen LogP contribution is -2.14. The zero-order valence-corrected chi connectivity index (χ0v) is 18.3. The summed E-state index contributed by atoms with van der Waals surface area (Å²) < 4.78 is 0. The van der Waals surface area contributed by atoms with E-state index in [-0.39, 0.29) is 18.2 Å². The largest absolute Gasteiger partial charge is 0.321 e. The van der Waals surface area contributed by atoms with Gasteiger partial charge in [-0.2, -0.15) is 0 Å². The summed E-state index contributed by atoms with van der Waals surface area (Å²) in [6, 6.07) is 11.2. The molecule has 0 bridgehead atoms. The summed E-state index contributed by atoms with van der Waals surface area (Å²) in [6.07, 6.45) is 0.207. The van der Waals surface area contributed by atoms with E-state index in [2.05, 4.69) is 15.6 Å². The number of hydrogen-bond acceptors (Lipinski definition) is 4. The molecule has 0 radical (unpaired) electrons. The second-order valence-electron chi connectivity index (χ2n) is 7.01. The van der Waals surface area contributed by atoms with Crippen LogP contribution >= 0.6 is 22.9 Å². The van der Waals surface area contributed by atoms with E-state index in [4.69, 9.17) is 11.6 Å². The normalized spacial score (nSPS) is 10.7. The Morgan fingerprint density at radius 3 is 2.24 bits per heavy atom. The molecule has 1 aromatic heterocycles. The molecule has 0 fully saturated rings. The maximum atomic E-state index is 12.8. The number of thiazole rings is 1. The van der Waals surface area contributed by atoms with Crippen LogP contribution in [0, 0.1) is 27.7 Å². The molecule has 0 aliphatic heterocycles. The Labute approximate surface area is 179 Å². The van der Waals surface area contributed by atoms with E-state index in [1.165, 1.54) is 11.3 Å². The third kappa shape index (κ3) is 5.22. The summed E-state index contributed by atoms with van der Waals surface area (Å²) in [4.78, 5) is 29.9. The van der Waals surface area contributed by atoms with Crippen LogP contribution in [0.25, 0.3) is 0 Å². The van der Waals surface area contributed by atoms with Crippen molar-refractivity contribution in [2.45, 2.75) is 34.1 Å². The van der Waals surface area contributed by atoms with Crippen molar-refractivity contribution in [3.05, 3.63) is 74.2 Å². The third-order valence-corrected chi connectivity index (χ3v) is 5.77. The lowest BCUT2D eigenvalue weighted by atomic mass is 10.1. The Bertz CT molecular complexity index is 1050. The van der Waals surface area contributed by atoms with Gasteiger partial charge in [-0.3, -0.25) is 9.59 Å². The number of amides is 2. The Morgan fingerprint density at radius 2 is 1.62 bits per heavy atom. The number of nitrogens with zero attached hydrogens (tertiary/aromatic N) is 1. The van der Waals surface area contributed by atoms with Crippen LogP contribution in [0.2, 0.25) is 5.02 Å². The zero-order valence-electron chi connectivity index (χ0n) is 16.7.